The largest absolute Gasteiger partial charge is 0.354 e. The molecule has 0 unspecified atom stereocenters. The van der Waals surface area contributed by atoms with E-state index in [-0.39, 0.29) is 4.90 Å². The van der Waals surface area contributed by atoms with Gasteiger partial charge in [-0.05, 0) is 55.8 Å². The first-order valence-electron chi connectivity index (χ1n) is 12.2. The second-order valence-corrected chi connectivity index (χ2v) is 10.4. The molecule has 1 saturated heterocycles. The Balaban J connectivity index is 1.55. The normalized spacial score (nSPS) is 14.5. The molecule has 1 aliphatic heterocycles. The molecule has 2 amide bonds. The van der Waals surface area contributed by atoms with Crippen LogP contribution in [-0.4, -0.2) is 69.4 Å². The number of carbonyl (C=O) groups excluding carboxylic acids is 1. The topological polar surface area (TPSA) is 118 Å². The van der Waals surface area contributed by atoms with E-state index in [1.165, 1.54) is 25.0 Å². The molecule has 1 aliphatic rings. The minimum absolute atomic E-state index is 0.148. The molecule has 0 aliphatic carbocycles. The lowest BCUT2D eigenvalue weighted by Crippen LogP contribution is -2.48. The van der Waals surface area contributed by atoms with Crippen molar-refractivity contribution in [3.05, 3.63) is 54.1 Å². The summed E-state index contributed by atoms with van der Waals surface area (Å²) < 4.78 is 26.9. The van der Waals surface area contributed by atoms with Crippen LogP contribution in [0.3, 0.4) is 0 Å². The number of nitrogens with zero attached hydrogens (tertiary/aromatic N) is 2. The van der Waals surface area contributed by atoms with E-state index in [4.69, 9.17) is 5.41 Å². The number of piperazine rings is 1. The van der Waals surface area contributed by atoms with E-state index in [1.54, 1.807) is 24.3 Å². The number of amidine groups is 1. The van der Waals surface area contributed by atoms with Gasteiger partial charge in [-0.1, -0.05) is 32.4 Å². The molecule has 2 aromatic carbocycles. The molecule has 3 rings (SSSR count). The molecule has 4 N–H and O–H groups in total. The number of anilines is 2. The zero-order chi connectivity index (χ0) is 25.3. The maximum Gasteiger partial charge on any atom is 0.323 e. The molecule has 1 fully saturated rings. The molecule has 0 radical (unpaired) electrons. The Morgan fingerprint density at radius 3 is 2.29 bits per heavy atom. The number of sulfonamides is 1. The second-order valence-electron chi connectivity index (χ2n) is 8.61. The maximum atomic E-state index is 12.5. The van der Waals surface area contributed by atoms with Gasteiger partial charge in [0.2, 0.25) is 10.0 Å². The van der Waals surface area contributed by atoms with Gasteiger partial charge >= 0.3 is 6.03 Å². The van der Waals surface area contributed by atoms with Gasteiger partial charge in [0.05, 0.1) is 4.90 Å². The van der Waals surface area contributed by atoms with E-state index >= 15 is 0 Å². The van der Waals surface area contributed by atoms with Crippen molar-refractivity contribution < 1.29 is 13.2 Å². The molecule has 190 valence electrons. The number of unbranched alkanes of at least 4 members (excludes halogenated alkanes) is 1. The molecular weight excluding hydrogens is 464 g/mol. The molecule has 2 aromatic rings. The maximum absolute atomic E-state index is 12.5. The van der Waals surface area contributed by atoms with Gasteiger partial charge in [-0.2, -0.15) is 0 Å². The first-order valence-corrected chi connectivity index (χ1v) is 13.6. The fraction of sp³-hybridized carbons (Fsp3) is 0.440. The third kappa shape index (κ3) is 7.78. The van der Waals surface area contributed by atoms with Crippen molar-refractivity contribution in [3.63, 3.8) is 0 Å². The minimum Gasteiger partial charge on any atom is -0.354 e. The SMILES string of the molecule is CCCCN1CCN(C(=N)c2cccc(NC(=O)Nc3ccc(S(=O)(=O)NCCC)cc3)c2)CC1. The number of nitrogens with one attached hydrogen (secondary N) is 4. The van der Waals surface area contributed by atoms with Crippen molar-refractivity contribution in [1.29, 1.82) is 5.41 Å². The highest BCUT2D eigenvalue weighted by Gasteiger charge is 2.20. The summed E-state index contributed by atoms with van der Waals surface area (Å²) in [6, 6.07) is 12.8. The van der Waals surface area contributed by atoms with Gasteiger partial charge < -0.3 is 15.5 Å². The molecule has 9 nitrogen and oxygen atoms in total. The third-order valence-electron chi connectivity index (χ3n) is 5.87. The molecule has 10 heteroatoms. The predicted octanol–water partition coefficient (Wildman–Crippen LogP) is 3.76. The van der Waals surface area contributed by atoms with Gasteiger partial charge in [0.25, 0.3) is 0 Å². The van der Waals surface area contributed by atoms with E-state index in [2.05, 4.69) is 32.1 Å². The van der Waals surface area contributed by atoms with Gasteiger partial charge in [-0.25, -0.2) is 17.9 Å². The van der Waals surface area contributed by atoms with Crippen LogP contribution in [0.25, 0.3) is 0 Å². The van der Waals surface area contributed by atoms with Gasteiger partial charge in [0.15, 0.2) is 0 Å². The summed E-state index contributed by atoms with van der Waals surface area (Å²) in [6.45, 7) is 9.12. The van der Waals surface area contributed by atoms with E-state index in [1.807, 2.05) is 19.1 Å². The van der Waals surface area contributed by atoms with E-state index in [9.17, 15) is 13.2 Å². The number of amides is 2. The Bertz CT molecular complexity index is 1100. The summed E-state index contributed by atoms with van der Waals surface area (Å²) in [5.41, 5.74) is 1.80. The van der Waals surface area contributed by atoms with Gasteiger partial charge in [0, 0.05) is 49.7 Å². The van der Waals surface area contributed by atoms with Crippen LogP contribution in [0.2, 0.25) is 0 Å². The van der Waals surface area contributed by atoms with Crippen molar-refractivity contribution in [2.75, 3.05) is 49.9 Å². The fourth-order valence-corrected chi connectivity index (χ4v) is 4.97. The molecular formula is C25H36N6O3S. The van der Waals surface area contributed by atoms with Crippen molar-refractivity contribution in [2.24, 2.45) is 0 Å². The van der Waals surface area contributed by atoms with Crippen molar-refractivity contribution in [3.8, 4) is 0 Å². The van der Waals surface area contributed by atoms with E-state index in [0.29, 0.717) is 30.2 Å². The Hall–Kier alpha value is -2.95. The lowest BCUT2D eigenvalue weighted by molar-refractivity contribution is 0.180. The van der Waals surface area contributed by atoms with Crippen molar-refractivity contribution in [2.45, 2.75) is 38.0 Å². The number of urea groups is 1. The highest BCUT2D eigenvalue weighted by atomic mass is 32.2. The number of hydrogen-bond donors (Lipinski definition) is 4. The quantitative estimate of drug-likeness (QED) is 0.293. The molecule has 0 saturated carbocycles. The van der Waals surface area contributed by atoms with E-state index < -0.39 is 16.1 Å². The average molecular weight is 501 g/mol. The van der Waals surface area contributed by atoms with Crippen LogP contribution in [0.1, 0.15) is 38.7 Å². The Morgan fingerprint density at radius 2 is 1.63 bits per heavy atom. The van der Waals surface area contributed by atoms with Crippen LogP contribution in [0.5, 0.6) is 0 Å². The number of benzene rings is 2. The second kappa shape index (κ2) is 12.7. The molecule has 35 heavy (non-hydrogen) atoms. The Morgan fingerprint density at radius 1 is 0.943 bits per heavy atom. The third-order valence-corrected chi connectivity index (χ3v) is 7.35. The smallest absolute Gasteiger partial charge is 0.323 e. The van der Waals surface area contributed by atoms with Crippen LogP contribution < -0.4 is 15.4 Å². The zero-order valence-electron chi connectivity index (χ0n) is 20.5. The first-order chi connectivity index (χ1) is 16.8. The van der Waals surface area contributed by atoms with E-state index in [0.717, 1.165) is 38.3 Å². The molecule has 0 bridgehead atoms. The highest BCUT2D eigenvalue weighted by Crippen LogP contribution is 2.17. The van der Waals surface area contributed by atoms with Crippen LogP contribution in [0, 0.1) is 5.41 Å². The predicted molar refractivity (Wildman–Crippen MR) is 141 cm³/mol. The minimum atomic E-state index is -3.55. The number of hydrogen-bond acceptors (Lipinski definition) is 5. The summed E-state index contributed by atoms with van der Waals surface area (Å²) in [4.78, 5) is 17.2. The van der Waals surface area contributed by atoms with Gasteiger partial charge in [0.1, 0.15) is 5.84 Å². The van der Waals surface area contributed by atoms with Crippen LogP contribution in [0.15, 0.2) is 53.4 Å². The number of rotatable bonds is 10. The zero-order valence-corrected chi connectivity index (χ0v) is 21.3. The molecule has 0 spiro atoms. The van der Waals surface area contributed by atoms with Crippen LogP contribution in [-0.2, 0) is 10.0 Å². The molecule has 0 atom stereocenters. The van der Waals surface area contributed by atoms with Crippen molar-refractivity contribution >= 4 is 33.3 Å². The average Bonchev–Trinajstić information content (AvgIpc) is 2.86. The monoisotopic (exact) mass is 500 g/mol. The lowest BCUT2D eigenvalue weighted by atomic mass is 10.1. The fourth-order valence-electron chi connectivity index (χ4n) is 3.83. The summed E-state index contributed by atoms with van der Waals surface area (Å²) in [6.07, 6.45) is 3.09. The van der Waals surface area contributed by atoms with Crippen LogP contribution >= 0.6 is 0 Å². The van der Waals surface area contributed by atoms with Gasteiger partial charge in [-0.15, -0.1) is 0 Å². The lowest BCUT2D eigenvalue weighted by Gasteiger charge is -2.36. The first kappa shape index (κ1) is 26.7. The molecule has 0 aromatic heterocycles. The Kier molecular flexibility index (Phi) is 9.64. The highest BCUT2D eigenvalue weighted by molar-refractivity contribution is 7.89. The Labute approximate surface area is 208 Å². The summed E-state index contributed by atoms with van der Waals surface area (Å²) in [5, 5.41) is 14.1. The van der Waals surface area contributed by atoms with Gasteiger partial charge in [-0.3, -0.25) is 10.3 Å². The summed E-state index contributed by atoms with van der Waals surface area (Å²) in [5.74, 6) is 0.456. The summed E-state index contributed by atoms with van der Waals surface area (Å²) >= 11 is 0. The standard InChI is InChI=1S/C25H36N6O3S/c1-3-5-14-30-15-17-31(18-16-30)24(26)20-7-6-8-22(19-20)29-25(32)28-21-9-11-23(12-10-21)35(33,34)27-13-4-2/h6-12,19,26-27H,3-5,13-18H2,1-2H3,(H2,28,29,32). The van der Waals surface area contributed by atoms with Crippen LogP contribution in [0.4, 0.5) is 16.2 Å². The molecule has 1 heterocycles. The number of carbonyl (C=O) groups is 1. The summed E-state index contributed by atoms with van der Waals surface area (Å²) in [7, 11) is -3.55. The van der Waals surface area contributed by atoms with Crippen molar-refractivity contribution in [1.82, 2.24) is 14.5 Å².